The summed E-state index contributed by atoms with van der Waals surface area (Å²) in [6.45, 7) is 0.954. The minimum absolute atomic E-state index is 0.0534. The maximum atomic E-state index is 13.7. The zero-order valence-electron chi connectivity index (χ0n) is 21.9. The standard InChI is InChI=1S/C27H27F4N5O5/c1-14-12-36(23(38)22(37)33-18-10-19(15-2-3-15)21(32-11-18)34-25(40)41)20(16-4-6-17(28)7-5-16)13-35(14)24(39)26(8-9-26)27(29,30)31/h4-7,10-11,14-15,20H,2-3,8-9,12-13H2,1H3,(H,32,34)(H,33,37)(H,40,41)/t14-,20-/m1/s1. The van der Waals surface area contributed by atoms with Gasteiger partial charge in [0.25, 0.3) is 0 Å². The van der Waals surface area contributed by atoms with E-state index in [9.17, 15) is 36.7 Å². The Balaban J connectivity index is 1.38. The summed E-state index contributed by atoms with van der Waals surface area (Å²) < 4.78 is 54.9. The Bertz CT molecular complexity index is 1390. The first kappa shape index (κ1) is 28.3. The van der Waals surface area contributed by atoms with Crippen LogP contribution >= 0.6 is 0 Å². The SMILES string of the molecule is C[C@@H]1CN(C(=O)C(=O)Nc2cnc(NC(=O)O)c(C3CC3)c2)[C@@H](c2ccc(F)cc2)CN1C(=O)C1(C(F)(F)F)CC1. The summed E-state index contributed by atoms with van der Waals surface area (Å²) in [6, 6.07) is 4.64. The van der Waals surface area contributed by atoms with Gasteiger partial charge in [0, 0.05) is 24.7 Å². The fourth-order valence-electron chi connectivity index (χ4n) is 5.25. The van der Waals surface area contributed by atoms with E-state index in [1.165, 1.54) is 36.2 Å². The number of benzene rings is 1. The van der Waals surface area contributed by atoms with Crippen LogP contribution in [-0.4, -0.2) is 69.0 Å². The van der Waals surface area contributed by atoms with Gasteiger partial charge in [-0.2, -0.15) is 13.2 Å². The van der Waals surface area contributed by atoms with Crippen molar-refractivity contribution >= 4 is 35.3 Å². The maximum absolute atomic E-state index is 13.7. The Morgan fingerprint density at radius 1 is 1.02 bits per heavy atom. The first-order chi connectivity index (χ1) is 19.3. The molecule has 5 rings (SSSR count). The third kappa shape index (κ3) is 5.55. The monoisotopic (exact) mass is 577 g/mol. The van der Waals surface area contributed by atoms with Gasteiger partial charge in [-0.1, -0.05) is 12.1 Å². The Labute approximate surface area is 231 Å². The minimum atomic E-state index is -4.72. The van der Waals surface area contributed by atoms with Crippen molar-refractivity contribution in [3.63, 3.8) is 0 Å². The van der Waals surface area contributed by atoms with Gasteiger partial charge in [0.05, 0.1) is 17.9 Å². The molecule has 14 heteroatoms. The van der Waals surface area contributed by atoms with E-state index in [2.05, 4.69) is 15.6 Å². The number of amides is 4. The summed E-state index contributed by atoms with van der Waals surface area (Å²) >= 11 is 0. The van der Waals surface area contributed by atoms with Gasteiger partial charge in [0.1, 0.15) is 17.1 Å². The molecule has 4 amide bonds. The van der Waals surface area contributed by atoms with Gasteiger partial charge in [-0.3, -0.25) is 19.7 Å². The molecule has 1 aliphatic heterocycles. The first-order valence-corrected chi connectivity index (χ1v) is 13.1. The summed E-state index contributed by atoms with van der Waals surface area (Å²) in [5.41, 5.74) is -1.38. The molecule has 2 atom stereocenters. The predicted molar refractivity (Wildman–Crippen MR) is 136 cm³/mol. The number of hydrogen-bond acceptors (Lipinski definition) is 5. The summed E-state index contributed by atoms with van der Waals surface area (Å²) in [7, 11) is 0. The van der Waals surface area contributed by atoms with Crippen LogP contribution in [0.3, 0.4) is 0 Å². The molecular formula is C27H27F4N5O5. The van der Waals surface area contributed by atoms with Gasteiger partial charge >= 0.3 is 24.1 Å². The largest absolute Gasteiger partial charge is 0.465 e. The molecule has 1 saturated heterocycles. The molecule has 1 aromatic heterocycles. The predicted octanol–water partition coefficient (Wildman–Crippen LogP) is 4.27. The van der Waals surface area contributed by atoms with Crippen molar-refractivity contribution in [2.45, 2.75) is 56.8 Å². The molecule has 0 unspecified atom stereocenters. The third-order valence-corrected chi connectivity index (χ3v) is 7.83. The maximum Gasteiger partial charge on any atom is 0.410 e. The molecule has 218 valence electrons. The lowest BCUT2D eigenvalue weighted by molar-refractivity contribution is -0.201. The molecule has 0 spiro atoms. The van der Waals surface area contributed by atoms with Crippen LogP contribution in [0.1, 0.15) is 55.7 Å². The van der Waals surface area contributed by atoms with E-state index in [0.29, 0.717) is 11.1 Å². The van der Waals surface area contributed by atoms with Crippen molar-refractivity contribution in [1.29, 1.82) is 0 Å². The van der Waals surface area contributed by atoms with Crippen molar-refractivity contribution in [3.05, 3.63) is 53.5 Å². The Morgan fingerprint density at radius 3 is 2.24 bits per heavy atom. The smallest absolute Gasteiger partial charge is 0.410 e. The molecule has 2 saturated carbocycles. The van der Waals surface area contributed by atoms with Crippen molar-refractivity contribution in [2.24, 2.45) is 5.41 Å². The van der Waals surface area contributed by atoms with Crippen LogP contribution in [0.2, 0.25) is 0 Å². The second-order valence-corrected chi connectivity index (χ2v) is 10.7. The number of carbonyl (C=O) groups is 4. The van der Waals surface area contributed by atoms with E-state index in [1.807, 2.05) is 0 Å². The number of aromatic nitrogens is 1. The average Bonchev–Trinajstić information content (AvgIpc) is 3.82. The lowest BCUT2D eigenvalue weighted by Crippen LogP contribution is -2.60. The number of piperazine rings is 1. The van der Waals surface area contributed by atoms with Crippen molar-refractivity contribution in [1.82, 2.24) is 14.8 Å². The van der Waals surface area contributed by atoms with Crippen LogP contribution in [0.5, 0.6) is 0 Å². The van der Waals surface area contributed by atoms with Gasteiger partial charge < -0.3 is 20.2 Å². The highest BCUT2D eigenvalue weighted by atomic mass is 19.4. The van der Waals surface area contributed by atoms with Crippen molar-refractivity contribution in [2.75, 3.05) is 23.7 Å². The molecule has 1 aromatic carbocycles. The molecule has 3 fully saturated rings. The topological polar surface area (TPSA) is 132 Å². The van der Waals surface area contributed by atoms with E-state index in [0.717, 1.165) is 29.9 Å². The summed E-state index contributed by atoms with van der Waals surface area (Å²) in [5, 5.41) is 13.7. The number of alkyl halides is 3. The fourth-order valence-corrected chi connectivity index (χ4v) is 5.25. The second kappa shape index (κ2) is 10.3. The van der Waals surface area contributed by atoms with Gasteiger partial charge in [-0.15, -0.1) is 0 Å². The van der Waals surface area contributed by atoms with Gasteiger partial charge in [0.15, 0.2) is 0 Å². The molecule has 0 bridgehead atoms. The summed E-state index contributed by atoms with van der Waals surface area (Å²) in [6.07, 6.45) is -3.83. The zero-order chi connectivity index (χ0) is 29.7. The van der Waals surface area contributed by atoms with E-state index < -0.39 is 53.3 Å². The first-order valence-electron chi connectivity index (χ1n) is 13.1. The van der Waals surface area contributed by atoms with Gasteiger partial charge in [0.2, 0.25) is 5.91 Å². The number of nitrogens with zero attached hydrogens (tertiary/aromatic N) is 3. The molecule has 3 N–H and O–H groups in total. The lowest BCUT2D eigenvalue weighted by atomic mass is 9.96. The quantitative estimate of drug-likeness (QED) is 0.359. The average molecular weight is 578 g/mol. The Morgan fingerprint density at radius 2 is 1.68 bits per heavy atom. The normalized spacial score (nSPS) is 21.7. The number of carboxylic acid groups (broad SMARTS) is 1. The highest BCUT2D eigenvalue weighted by molar-refractivity contribution is 6.39. The molecule has 10 nitrogen and oxygen atoms in total. The van der Waals surface area contributed by atoms with E-state index in [-0.39, 0.29) is 43.4 Å². The lowest BCUT2D eigenvalue weighted by Gasteiger charge is -2.46. The molecular weight excluding hydrogens is 550 g/mol. The zero-order valence-corrected chi connectivity index (χ0v) is 21.9. The molecule has 2 aliphatic carbocycles. The molecule has 2 heterocycles. The number of hydrogen-bond donors (Lipinski definition) is 3. The molecule has 3 aliphatic rings. The van der Waals surface area contributed by atoms with Crippen LogP contribution in [0.15, 0.2) is 36.5 Å². The number of pyridine rings is 1. The fraction of sp³-hybridized carbons (Fsp3) is 0.444. The third-order valence-electron chi connectivity index (χ3n) is 7.83. The molecule has 41 heavy (non-hydrogen) atoms. The molecule has 0 radical (unpaired) electrons. The number of anilines is 2. The van der Waals surface area contributed by atoms with Crippen molar-refractivity contribution < 1.29 is 41.8 Å². The van der Waals surface area contributed by atoms with Crippen LogP contribution < -0.4 is 10.6 Å². The number of carbonyl (C=O) groups excluding carboxylic acids is 3. The number of nitrogens with one attached hydrogen (secondary N) is 2. The minimum Gasteiger partial charge on any atom is -0.465 e. The summed E-state index contributed by atoms with van der Waals surface area (Å²) in [4.78, 5) is 57.1. The van der Waals surface area contributed by atoms with E-state index >= 15 is 0 Å². The number of rotatable bonds is 5. The van der Waals surface area contributed by atoms with Crippen LogP contribution in [0.4, 0.5) is 33.9 Å². The second-order valence-electron chi connectivity index (χ2n) is 10.7. The highest BCUT2D eigenvalue weighted by Gasteiger charge is 2.70. The molecule has 2 aromatic rings. The van der Waals surface area contributed by atoms with Gasteiger partial charge in [-0.05, 0) is 62.3 Å². The van der Waals surface area contributed by atoms with E-state index in [1.54, 1.807) is 0 Å². The Kier molecular flexibility index (Phi) is 7.12. The van der Waals surface area contributed by atoms with Crippen LogP contribution in [0, 0.1) is 11.2 Å². The van der Waals surface area contributed by atoms with Crippen LogP contribution in [-0.2, 0) is 14.4 Å². The van der Waals surface area contributed by atoms with Gasteiger partial charge in [-0.25, -0.2) is 14.2 Å². The highest BCUT2D eigenvalue weighted by Crippen LogP contribution is 2.59. The van der Waals surface area contributed by atoms with E-state index in [4.69, 9.17) is 5.11 Å². The van der Waals surface area contributed by atoms with Crippen LogP contribution in [0.25, 0.3) is 0 Å². The Hall–Kier alpha value is -4.23. The number of halogens is 4. The van der Waals surface area contributed by atoms with Crippen molar-refractivity contribution in [3.8, 4) is 0 Å². The summed E-state index contributed by atoms with van der Waals surface area (Å²) in [5.74, 6) is -3.53.